The van der Waals surface area contributed by atoms with Crippen molar-refractivity contribution in [2.45, 2.75) is 0 Å². The van der Waals surface area contributed by atoms with Gasteiger partial charge in [-0.3, -0.25) is 4.79 Å². The molecule has 0 N–H and O–H groups in total. The van der Waals surface area contributed by atoms with E-state index in [9.17, 15) is 4.79 Å². The molecule has 5 heteroatoms. The number of methoxy groups -OCH3 is 2. The molecule has 1 heterocycles. The van der Waals surface area contributed by atoms with Crippen molar-refractivity contribution in [3.63, 3.8) is 0 Å². The molecule has 0 spiro atoms. The Morgan fingerprint density at radius 1 is 1.04 bits per heavy atom. The van der Waals surface area contributed by atoms with E-state index in [0.717, 1.165) is 10.1 Å². The van der Waals surface area contributed by atoms with Gasteiger partial charge in [0.1, 0.15) is 0 Å². The molecule has 0 aliphatic heterocycles. The van der Waals surface area contributed by atoms with E-state index in [1.54, 1.807) is 32.4 Å². The molecule has 0 aliphatic carbocycles. The fraction of sp³-hybridized carbons (Fsp3) is 0.105. The van der Waals surface area contributed by atoms with Crippen molar-refractivity contribution in [3.05, 3.63) is 64.5 Å². The summed E-state index contributed by atoms with van der Waals surface area (Å²) in [5, 5.41) is 1.65. The lowest BCUT2D eigenvalue weighted by Gasteiger charge is -2.10. The Morgan fingerprint density at radius 3 is 2.50 bits per heavy atom. The molecule has 0 saturated carbocycles. The molecule has 0 bridgehead atoms. The minimum absolute atomic E-state index is 0.112. The second-order valence-corrected chi connectivity index (χ2v) is 6.69. The van der Waals surface area contributed by atoms with Crippen molar-refractivity contribution < 1.29 is 14.3 Å². The molecule has 3 rings (SSSR count). The summed E-state index contributed by atoms with van der Waals surface area (Å²) in [6.07, 6.45) is 0. The lowest BCUT2D eigenvalue weighted by molar-refractivity contribution is 0.106. The number of halogens is 1. The third-order valence-corrected chi connectivity index (χ3v) is 5.04. The first kappa shape index (κ1) is 16.6. The van der Waals surface area contributed by atoms with E-state index >= 15 is 0 Å². The number of ketones is 1. The molecule has 0 saturated heterocycles. The van der Waals surface area contributed by atoms with Crippen LogP contribution in [0.15, 0.2) is 49.0 Å². The summed E-state index contributed by atoms with van der Waals surface area (Å²) in [4.78, 5) is 13.4. The molecule has 0 unspecified atom stereocenters. The molecule has 0 radical (unpaired) electrons. The van der Waals surface area contributed by atoms with Gasteiger partial charge in [0.2, 0.25) is 5.78 Å². The quantitative estimate of drug-likeness (QED) is 0.448. The fourth-order valence-electron chi connectivity index (χ4n) is 2.42. The smallest absolute Gasteiger partial charge is 0.202 e. The van der Waals surface area contributed by atoms with Gasteiger partial charge in [-0.25, -0.2) is 0 Å². The van der Waals surface area contributed by atoms with E-state index in [2.05, 4.69) is 6.58 Å². The van der Waals surface area contributed by atoms with Crippen LogP contribution in [-0.4, -0.2) is 20.0 Å². The van der Waals surface area contributed by atoms with Crippen LogP contribution in [0.25, 0.3) is 15.7 Å². The van der Waals surface area contributed by atoms with E-state index in [4.69, 9.17) is 21.1 Å². The number of thiophene rings is 1. The largest absolute Gasteiger partial charge is 0.493 e. The van der Waals surface area contributed by atoms with Crippen LogP contribution in [0, 0.1) is 0 Å². The van der Waals surface area contributed by atoms with Gasteiger partial charge in [-0.15, -0.1) is 11.3 Å². The molecule has 1 aromatic heterocycles. The Hall–Kier alpha value is -2.30. The van der Waals surface area contributed by atoms with Crippen LogP contribution < -0.4 is 9.47 Å². The standard InChI is InChI=1S/C19H15ClO3S/c1-11(12-5-7-15(22-2)16(8-12)23-3)19(21)18-9-13-4-6-14(20)10-17(13)24-18/h4-10H,1H2,2-3H3. The molecular weight excluding hydrogens is 344 g/mol. The average Bonchev–Trinajstić information content (AvgIpc) is 3.02. The summed E-state index contributed by atoms with van der Waals surface area (Å²) < 4.78 is 11.5. The topological polar surface area (TPSA) is 35.5 Å². The van der Waals surface area contributed by atoms with Gasteiger partial charge in [-0.1, -0.05) is 30.3 Å². The van der Waals surface area contributed by atoms with Crippen molar-refractivity contribution in [1.29, 1.82) is 0 Å². The number of carbonyl (C=O) groups is 1. The fourth-order valence-corrected chi connectivity index (χ4v) is 3.73. The van der Waals surface area contributed by atoms with Crippen LogP contribution in [0.5, 0.6) is 11.5 Å². The maximum Gasteiger partial charge on any atom is 0.202 e. The van der Waals surface area contributed by atoms with E-state index < -0.39 is 0 Å². The van der Waals surface area contributed by atoms with Gasteiger partial charge in [-0.2, -0.15) is 0 Å². The van der Waals surface area contributed by atoms with Crippen LogP contribution in [0.1, 0.15) is 15.2 Å². The molecule has 3 nitrogen and oxygen atoms in total. The second kappa shape index (κ2) is 6.67. The molecular formula is C19H15ClO3S. The first-order valence-electron chi connectivity index (χ1n) is 7.18. The highest BCUT2D eigenvalue weighted by Gasteiger charge is 2.17. The van der Waals surface area contributed by atoms with Gasteiger partial charge in [0, 0.05) is 15.3 Å². The van der Waals surface area contributed by atoms with E-state index in [1.165, 1.54) is 11.3 Å². The molecule has 3 aromatic rings. The first-order valence-corrected chi connectivity index (χ1v) is 8.38. The molecule has 0 atom stereocenters. The Kier molecular flexibility index (Phi) is 4.60. The van der Waals surface area contributed by atoms with Crippen LogP contribution >= 0.6 is 22.9 Å². The van der Waals surface area contributed by atoms with Gasteiger partial charge >= 0.3 is 0 Å². The highest BCUT2D eigenvalue weighted by Crippen LogP contribution is 2.34. The van der Waals surface area contributed by atoms with Gasteiger partial charge in [0.15, 0.2) is 11.5 Å². The van der Waals surface area contributed by atoms with Crippen molar-refractivity contribution in [1.82, 2.24) is 0 Å². The molecule has 24 heavy (non-hydrogen) atoms. The summed E-state index contributed by atoms with van der Waals surface area (Å²) in [7, 11) is 3.13. The summed E-state index contributed by atoms with van der Waals surface area (Å²) in [6, 6.07) is 12.8. The first-order chi connectivity index (χ1) is 11.5. The van der Waals surface area contributed by atoms with Gasteiger partial charge in [0.25, 0.3) is 0 Å². The zero-order valence-electron chi connectivity index (χ0n) is 13.3. The van der Waals surface area contributed by atoms with Crippen LogP contribution in [0.2, 0.25) is 5.02 Å². The number of benzene rings is 2. The maximum atomic E-state index is 12.8. The van der Waals surface area contributed by atoms with Gasteiger partial charge < -0.3 is 9.47 Å². The molecule has 2 aromatic carbocycles. The van der Waals surface area contributed by atoms with Gasteiger partial charge in [-0.05, 0) is 41.3 Å². The Labute approximate surface area is 149 Å². The highest BCUT2D eigenvalue weighted by molar-refractivity contribution is 7.21. The predicted octanol–water partition coefficient (Wildman–Crippen LogP) is 5.47. The predicted molar refractivity (Wildman–Crippen MR) is 99.7 cm³/mol. The Balaban J connectivity index is 1.95. The number of ether oxygens (including phenoxy) is 2. The highest BCUT2D eigenvalue weighted by atomic mass is 35.5. The minimum atomic E-state index is -0.112. The number of rotatable bonds is 5. The maximum absolute atomic E-state index is 12.8. The van der Waals surface area contributed by atoms with Crippen molar-refractivity contribution >= 4 is 44.4 Å². The summed E-state index contributed by atoms with van der Waals surface area (Å²) in [5.74, 6) is 1.06. The minimum Gasteiger partial charge on any atom is -0.493 e. The molecule has 0 amide bonds. The van der Waals surface area contributed by atoms with Crippen LogP contribution in [0.3, 0.4) is 0 Å². The third-order valence-electron chi connectivity index (χ3n) is 3.71. The lowest BCUT2D eigenvalue weighted by Crippen LogP contribution is -2.00. The van der Waals surface area contributed by atoms with Crippen molar-refractivity contribution in [3.8, 4) is 11.5 Å². The van der Waals surface area contributed by atoms with Crippen molar-refractivity contribution in [2.75, 3.05) is 14.2 Å². The molecule has 122 valence electrons. The number of hydrogen-bond donors (Lipinski definition) is 0. The number of carbonyl (C=O) groups excluding carboxylic acids is 1. The Morgan fingerprint density at radius 2 is 1.79 bits per heavy atom. The number of fused-ring (bicyclic) bond motifs is 1. The average molecular weight is 359 g/mol. The second-order valence-electron chi connectivity index (χ2n) is 5.17. The summed E-state index contributed by atoms with van der Waals surface area (Å²) in [5.41, 5.74) is 1.11. The number of hydrogen-bond acceptors (Lipinski definition) is 4. The van der Waals surface area contributed by atoms with E-state index in [1.807, 2.05) is 24.3 Å². The molecule has 0 fully saturated rings. The zero-order valence-corrected chi connectivity index (χ0v) is 14.8. The molecule has 0 aliphatic rings. The summed E-state index contributed by atoms with van der Waals surface area (Å²) >= 11 is 7.42. The Bertz CT molecular complexity index is 943. The number of allylic oxidation sites excluding steroid dienone is 1. The monoisotopic (exact) mass is 358 g/mol. The lowest BCUT2D eigenvalue weighted by atomic mass is 10.0. The normalized spacial score (nSPS) is 10.6. The summed E-state index contributed by atoms with van der Waals surface area (Å²) in [6.45, 7) is 3.95. The van der Waals surface area contributed by atoms with Crippen LogP contribution in [-0.2, 0) is 0 Å². The SMILES string of the molecule is C=C(C(=O)c1cc2ccc(Cl)cc2s1)c1ccc(OC)c(OC)c1. The van der Waals surface area contributed by atoms with E-state index in [-0.39, 0.29) is 5.78 Å². The van der Waals surface area contributed by atoms with Crippen LogP contribution in [0.4, 0.5) is 0 Å². The van der Waals surface area contributed by atoms with E-state index in [0.29, 0.717) is 32.5 Å². The zero-order chi connectivity index (χ0) is 17.3. The van der Waals surface area contributed by atoms with Crippen molar-refractivity contribution in [2.24, 2.45) is 0 Å². The third kappa shape index (κ3) is 3.03. The number of Topliss-reactive ketones (excluding diaryl/α,β-unsaturated/α-hetero) is 1. The van der Waals surface area contributed by atoms with Gasteiger partial charge in [0.05, 0.1) is 19.1 Å².